The molecule has 0 aliphatic heterocycles. The lowest BCUT2D eigenvalue weighted by atomic mass is 10.1. The highest BCUT2D eigenvalue weighted by Gasteiger charge is 2.06. The van der Waals surface area contributed by atoms with Crippen molar-refractivity contribution in [1.29, 1.82) is 0 Å². The van der Waals surface area contributed by atoms with Gasteiger partial charge in [-0.25, -0.2) is 4.20 Å². The molecule has 0 radical (unpaired) electrons. The first kappa shape index (κ1) is 8.10. The summed E-state index contributed by atoms with van der Waals surface area (Å²) in [6.07, 6.45) is 1.79. The molecule has 0 amide bonds. The van der Waals surface area contributed by atoms with Crippen LogP contribution in [0.1, 0.15) is 13.8 Å². The summed E-state index contributed by atoms with van der Waals surface area (Å²) in [4.78, 5) is 0. The summed E-state index contributed by atoms with van der Waals surface area (Å²) in [6, 6.07) is 0. The number of allylic oxidation sites excluding steroid dienone is 1. The molecule has 0 fully saturated rings. The molecule has 3 atom stereocenters. The normalized spacial score (nSPS) is 18.9. The van der Waals surface area contributed by atoms with Gasteiger partial charge in [-0.1, -0.05) is 19.9 Å². The van der Waals surface area contributed by atoms with Gasteiger partial charge in [-0.2, -0.15) is 0 Å². The molecule has 0 aromatic carbocycles. The molecule has 2 heteroatoms. The average Bonchev–Trinajstić information content (AvgIpc) is 1.84. The quantitative estimate of drug-likeness (QED) is 0.411. The lowest BCUT2D eigenvalue weighted by molar-refractivity contribution is 0.691. The smallest absolute Gasteiger partial charge is 0.0705 e. The third kappa shape index (κ3) is 2.42. The maximum Gasteiger partial charge on any atom is 0.0705 e. The molecule has 48 valence electrons. The molecule has 0 aliphatic rings. The van der Waals surface area contributed by atoms with E-state index in [-0.39, 0.29) is 5.66 Å². The first-order valence-corrected chi connectivity index (χ1v) is 3.66. The highest BCUT2D eigenvalue weighted by Crippen LogP contribution is 2.26. The van der Waals surface area contributed by atoms with E-state index >= 15 is 0 Å². The van der Waals surface area contributed by atoms with Gasteiger partial charge in [-0.3, -0.25) is 0 Å². The molecule has 0 nitrogen and oxygen atoms in total. The van der Waals surface area contributed by atoms with Gasteiger partial charge < -0.3 is 0 Å². The van der Waals surface area contributed by atoms with Crippen LogP contribution in [0.2, 0.25) is 0 Å². The van der Waals surface area contributed by atoms with Crippen LogP contribution in [-0.4, -0.2) is 5.66 Å². The predicted molar refractivity (Wildman–Crippen MR) is 38.2 cm³/mol. The number of rotatable bonds is 3. The van der Waals surface area contributed by atoms with Crippen LogP contribution in [0.4, 0.5) is 4.20 Å². The Labute approximate surface area is 52.1 Å². The lowest BCUT2D eigenvalue weighted by Crippen LogP contribution is -2.02. The van der Waals surface area contributed by atoms with E-state index < -0.39 is 8.89 Å². The van der Waals surface area contributed by atoms with Gasteiger partial charge in [0, 0.05) is 5.66 Å². The molecule has 3 unspecified atom stereocenters. The highest BCUT2D eigenvalue weighted by molar-refractivity contribution is 7.32. The Morgan fingerprint density at radius 1 is 1.62 bits per heavy atom. The molecule has 0 spiro atoms. The van der Waals surface area contributed by atoms with E-state index in [1.54, 1.807) is 6.08 Å². The van der Waals surface area contributed by atoms with E-state index in [0.717, 1.165) is 0 Å². The minimum atomic E-state index is -0.453. The third-order valence-electron chi connectivity index (χ3n) is 1.33. The minimum absolute atomic E-state index is 0.160. The van der Waals surface area contributed by atoms with E-state index in [0.29, 0.717) is 5.92 Å². The van der Waals surface area contributed by atoms with Crippen molar-refractivity contribution in [3.63, 3.8) is 0 Å². The Hall–Kier alpha value is 0.100. The maximum absolute atomic E-state index is 11.8. The summed E-state index contributed by atoms with van der Waals surface area (Å²) in [5, 5.41) is 0. The minimum Gasteiger partial charge on any atom is -0.230 e. The van der Waals surface area contributed by atoms with Gasteiger partial charge in [0.25, 0.3) is 0 Å². The predicted octanol–water partition coefficient (Wildman–Crippen LogP) is 2.76. The molecule has 0 N–H and O–H groups in total. The van der Waals surface area contributed by atoms with Crippen LogP contribution in [0.3, 0.4) is 0 Å². The van der Waals surface area contributed by atoms with Gasteiger partial charge >= 0.3 is 0 Å². The molecule has 0 heterocycles. The summed E-state index contributed by atoms with van der Waals surface area (Å²) in [7, 11) is -0.453. The van der Waals surface area contributed by atoms with Crippen LogP contribution in [0.25, 0.3) is 0 Å². The third-order valence-corrected chi connectivity index (χ3v) is 2.20. The van der Waals surface area contributed by atoms with Crippen LogP contribution in [0.15, 0.2) is 12.7 Å². The zero-order valence-electron chi connectivity index (χ0n) is 5.32. The van der Waals surface area contributed by atoms with Crippen LogP contribution in [0.5, 0.6) is 0 Å². The lowest BCUT2D eigenvalue weighted by Gasteiger charge is -2.09. The number of hydrogen-bond acceptors (Lipinski definition) is 0. The Morgan fingerprint density at radius 2 is 2.12 bits per heavy atom. The van der Waals surface area contributed by atoms with E-state index in [9.17, 15) is 4.20 Å². The van der Waals surface area contributed by atoms with E-state index in [1.807, 2.05) is 13.8 Å². The van der Waals surface area contributed by atoms with Crippen molar-refractivity contribution < 1.29 is 4.20 Å². The Balaban J connectivity index is 3.44. The Bertz CT molecular complexity index is 72.9. The standard InChI is InChI=1S/C6H12FP/c1-4-5(2)6(3)8-7/h4-6,8H,1H2,2-3H3. The summed E-state index contributed by atoms with van der Waals surface area (Å²) in [5.41, 5.74) is 0.160. The summed E-state index contributed by atoms with van der Waals surface area (Å²) < 4.78 is 11.8. The van der Waals surface area contributed by atoms with Crippen molar-refractivity contribution in [3.8, 4) is 0 Å². The number of hydrogen-bond donors (Lipinski definition) is 0. The van der Waals surface area contributed by atoms with Gasteiger partial charge in [0.05, 0.1) is 8.89 Å². The SMILES string of the molecule is C=CC(C)C(C)PF. The highest BCUT2D eigenvalue weighted by atomic mass is 31.1. The van der Waals surface area contributed by atoms with Gasteiger partial charge in [0.15, 0.2) is 0 Å². The van der Waals surface area contributed by atoms with Crippen molar-refractivity contribution in [2.45, 2.75) is 19.5 Å². The molecule has 0 saturated carbocycles. The second kappa shape index (κ2) is 4.03. The largest absolute Gasteiger partial charge is 0.230 e. The second-order valence-electron chi connectivity index (χ2n) is 1.99. The Kier molecular flexibility index (Phi) is 4.08. The molecule has 0 aliphatic carbocycles. The molecule has 0 aromatic rings. The van der Waals surface area contributed by atoms with E-state index in [1.165, 1.54) is 0 Å². The maximum atomic E-state index is 11.8. The zero-order valence-corrected chi connectivity index (χ0v) is 6.32. The van der Waals surface area contributed by atoms with Crippen molar-refractivity contribution in [3.05, 3.63) is 12.7 Å². The van der Waals surface area contributed by atoms with Crippen LogP contribution >= 0.6 is 8.89 Å². The molecule has 0 saturated heterocycles. The first-order chi connectivity index (χ1) is 3.72. The van der Waals surface area contributed by atoms with Gasteiger partial charge in [-0.05, 0) is 5.92 Å². The van der Waals surface area contributed by atoms with Crippen molar-refractivity contribution in [1.82, 2.24) is 0 Å². The average molecular weight is 134 g/mol. The van der Waals surface area contributed by atoms with Gasteiger partial charge in [0.1, 0.15) is 0 Å². The van der Waals surface area contributed by atoms with E-state index in [2.05, 4.69) is 6.58 Å². The van der Waals surface area contributed by atoms with E-state index in [4.69, 9.17) is 0 Å². The van der Waals surface area contributed by atoms with Crippen LogP contribution in [0, 0.1) is 5.92 Å². The first-order valence-electron chi connectivity index (χ1n) is 2.71. The molecule has 0 aromatic heterocycles. The monoisotopic (exact) mass is 134 g/mol. The topological polar surface area (TPSA) is 0 Å². The fourth-order valence-corrected chi connectivity index (χ4v) is 0.638. The van der Waals surface area contributed by atoms with Crippen LogP contribution in [-0.2, 0) is 0 Å². The fourth-order valence-electron chi connectivity index (χ4n) is 0.303. The van der Waals surface area contributed by atoms with Crippen LogP contribution < -0.4 is 0 Å². The zero-order chi connectivity index (χ0) is 6.57. The number of halogens is 1. The van der Waals surface area contributed by atoms with Crippen molar-refractivity contribution >= 4 is 8.89 Å². The second-order valence-corrected chi connectivity index (χ2v) is 3.12. The summed E-state index contributed by atoms with van der Waals surface area (Å²) >= 11 is 0. The summed E-state index contributed by atoms with van der Waals surface area (Å²) in [6.45, 7) is 7.44. The summed E-state index contributed by atoms with van der Waals surface area (Å²) in [5.74, 6) is 0.318. The molecular weight excluding hydrogens is 122 g/mol. The molecular formula is C6H12FP. The molecule has 0 bridgehead atoms. The van der Waals surface area contributed by atoms with Crippen molar-refractivity contribution in [2.24, 2.45) is 5.92 Å². The molecule has 0 rings (SSSR count). The van der Waals surface area contributed by atoms with Crippen molar-refractivity contribution in [2.75, 3.05) is 0 Å². The van der Waals surface area contributed by atoms with Gasteiger partial charge in [-0.15, -0.1) is 6.58 Å². The Morgan fingerprint density at radius 3 is 2.25 bits per heavy atom. The van der Waals surface area contributed by atoms with Gasteiger partial charge in [0.2, 0.25) is 0 Å². The molecule has 8 heavy (non-hydrogen) atoms. The fraction of sp³-hybridized carbons (Fsp3) is 0.667.